The molecule has 0 saturated heterocycles. The smallest absolute Gasteiger partial charge is 0.261 e. The lowest BCUT2D eigenvalue weighted by molar-refractivity contribution is -0.167. The van der Waals surface area contributed by atoms with Gasteiger partial charge in [-0.2, -0.15) is 0 Å². The second kappa shape index (κ2) is 31.3. The van der Waals surface area contributed by atoms with Crippen LogP contribution >= 0.6 is 0 Å². The standard InChI is InChI=1S/C66H83N9O14/c1-66(2,3)89-63(79)17-18-68-62(78)40-72-61(77)39-67-19-20-69-60(76)16-11-21-73(22-23-85-26-27-86-25-24-82-4)47-29-43(41-87-58-35-52-50(33-56(58)83-5)64(80)74-48(37-70-52)31-45-12-7-9-14-54(45)74)28-44(30-47)42-88-59-36-53-51(34-57(59)84-6)65(81)75-49(38-71-53)32-46-13-8-10-15-55(46)75/h7-10,12-15,28-30,33-38,48-49,63-64,67,79-80H,11,16-27,31-32,39-42H2,1-6H3,(H,68,78)(H,69,76)(H,72,77). The van der Waals surface area contributed by atoms with E-state index in [0.717, 1.165) is 39.3 Å². The number of hydrogen-bond acceptors (Lipinski definition) is 19. The molecule has 0 saturated carbocycles. The number of benzene rings is 5. The number of aliphatic imine (C=N–C) groups is 2. The molecule has 4 atom stereocenters. The van der Waals surface area contributed by atoms with Crippen LogP contribution in [0.5, 0.6) is 23.0 Å². The lowest BCUT2D eigenvalue weighted by atomic mass is 10.1. The quantitative estimate of drug-likeness (QED) is 0.0207. The van der Waals surface area contributed by atoms with Crippen molar-refractivity contribution in [1.82, 2.24) is 21.3 Å². The van der Waals surface area contributed by atoms with Gasteiger partial charge < -0.3 is 79.2 Å². The van der Waals surface area contributed by atoms with Gasteiger partial charge in [-0.15, -0.1) is 0 Å². The first-order chi connectivity index (χ1) is 43.1. The van der Waals surface area contributed by atoms with Crippen LogP contribution in [0.15, 0.2) is 101 Å². The Labute approximate surface area is 519 Å². The number of anilines is 3. The van der Waals surface area contributed by atoms with E-state index in [4.69, 9.17) is 47.9 Å². The van der Waals surface area contributed by atoms with Crippen LogP contribution in [0.2, 0.25) is 0 Å². The lowest BCUT2D eigenvalue weighted by Crippen LogP contribution is -2.42. The molecule has 4 aliphatic rings. The van der Waals surface area contributed by atoms with Gasteiger partial charge in [0.15, 0.2) is 35.5 Å². The van der Waals surface area contributed by atoms with Gasteiger partial charge in [0.05, 0.1) is 95.0 Å². The Morgan fingerprint density at radius 3 is 2.01 bits per heavy atom. The van der Waals surface area contributed by atoms with Crippen molar-refractivity contribution in [3.63, 3.8) is 0 Å². The molecule has 4 heterocycles. The van der Waals surface area contributed by atoms with Gasteiger partial charge in [-0.3, -0.25) is 34.1 Å². The number of para-hydroxylation sites is 2. The number of carbonyl (C=O) groups is 4. The van der Waals surface area contributed by atoms with Crippen LogP contribution in [-0.2, 0) is 59.4 Å². The summed E-state index contributed by atoms with van der Waals surface area (Å²) >= 11 is 0. The van der Waals surface area contributed by atoms with Crippen LogP contribution in [0, 0.1) is 0 Å². The van der Waals surface area contributed by atoms with Crippen molar-refractivity contribution in [2.75, 3.05) is 115 Å². The van der Waals surface area contributed by atoms with Gasteiger partial charge in [0.2, 0.25) is 17.7 Å². The molecule has 4 unspecified atom stereocenters. The summed E-state index contributed by atoms with van der Waals surface area (Å²) in [6, 6.07) is 28.6. The number of ether oxygens (including phenoxy) is 8. The molecule has 5 aromatic rings. The third-order valence-electron chi connectivity index (χ3n) is 15.3. The average Bonchev–Trinajstić information content (AvgIpc) is 1.78. The van der Waals surface area contributed by atoms with E-state index in [9.17, 15) is 29.4 Å². The van der Waals surface area contributed by atoms with Crippen molar-refractivity contribution >= 4 is 64.5 Å². The molecule has 0 spiro atoms. The maximum atomic E-state index is 14.3. The summed E-state index contributed by atoms with van der Waals surface area (Å²) in [6.45, 7) is 9.00. The van der Waals surface area contributed by atoms with Crippen LogP contribution < -0.4 is 54.9 Å². The summed E-state index contributed by atoms with van der Waals surface area (Å²) in [6.07, 6.45) is 3.92. The number of aliphatic hydroxyl groups excluding tert-OH is 2. The minimum absolute atomic E-state index is 0.0607. The number of carbonyl (C=O) groups excluding carboxylic acids is 4. The molecule has 0 aliphatic carbocycles. The Balaban J connectivity index is 0.889. The van der Waals surface area contributed by atoms with Gasteiger partial charge in [-0.25, -0.2) is 0 Å². The Hall–Kier alpha value is -8.16. The van der Waals surface area contributed by atoms with Crippen molar-refractivity contribution in [1.29, 1.82) is 0 Å². The maximum Gasteiger partial charge on any atom is 0.261 e. The Morgan fingerprint density at radius 2 is 1.29 bits per heavy atom. The molecule has 5 aromatic carbocycles. The minimum atomic E-state index is -1.03. The van der Waals surface area contributed by atoms with E-state index < -0.39 is 24.0 Å². The molecule has 6 N–H and O–H groups in total. The van der Waals surface area contributed by atoms with Gasteiger partial charge in [0, 0.05) is 113 Å². The molecule has 0 radical (unpaired) electrons. The summed E-state index contributed by atoms with van der Waals surface area (Å²) < 4.78 is 47.3. The largest absolute Gasteiger partial charge is 0.493 e. The highest BCUT2D eigenvalue weighted by atomic mass is 16.6. The van der Waals surface area contributed by atoms with Gasteiger partial charge in [0.1, 0.15) is 13.2 Å². The number of hydrogen-bond donors (Lipinski definition) is 6. The minimum Gasteiger partial charge on any atom is -0.493 e. The predicted octanol–water partition coefficient (Wildman–Crippen LogP) is 6.02. The number of nitrogens with zero attached hydrogens (tertiary/aromatic N) is 5. The summed E-state index contributed by atoms with van der Waals surface area (Å²) in [5.41, 5.74) is 7.88. The van der Waals surface area contributed by atoms with Crippen molar-refractivity contribution in [2.24, 2.45) is 9.98 Å². The van der Waals surface area contributed by atoms with Crippen molar-refractivity contribution in [3.05, 3.63) is 124 Å². The van der Waals surface area contributed by atoms with E-state index in [1.165, 1.54) is 7.11 Å². The molecule has 23 heteroatoms. The molecule has 23 nitrogen and oxygen atoms in total. The number of nitrogens with one attached hydrogen (secondary N) is 4. The van der Waals surface area contributed by atoms with Crippen molar-refractivity contribution in [3.8, 4) is 23.0 Å². The van der Waals surface area contributed by atoms with E-state index in [1.54, 1.807) is 43.4 Å². The molecule has 89 heavy (non-hydrogen) atoms. The molecule has 4 aliphatic heterocycles. The molecule has 476 valence electrons. The molecular formula is C66H83N9O14. The molecule has 0 aromatic heterocycles. The summed E-state index contributed by atoms with van der Waals surface area (Å²) in [5, 5.41) is 33.0. The van der Waals surface area contributed by atoms with Crippen LogP contribution in [0.1, 0.15) is 84.4 Å². The monoisotopic (exact) mass is 1230 g/mol. The second-order valence-corrected chi connectivity index (χ2v) is 22.9. The topological polar surface area (TPSA) is 265 Å². The average molecular weight is 1230 g/mol. The van der Waals surface area contributed by atoms with Crippen molar-refractivity contribution < 1.29 is 67.3 Å². The summed E-state index contributed by atoms with van der Waals surface area (Å²) in [7, 11) is 4.71. The van der Waals surface area contributed by atoms with Crippen LogP contribution in [-0.4, -0.2) is 170 Å². The first-order valence-electron chi connectivity index (χ1n) is 30.2. The zero-order chi connectivity index (χ0) is 62.9. The Morgan fingerprint density at radius 1 is 0.674 bits per heavy atom. The van der Waals surface area contributed by atoms with Gasteiger partial charge in [0.25, 0.3) is 5.91 Å². The number of methoxy groups -OCH3 is 3. The Kier molecular flexibility index (Phi) is 23.0. The summed E-state index contributed by atoms with van der Waals surface area (Å²) in [5.74, 6) is 0.464. The maximum absolute atomic E-state index is 14.3. The molecule has 0 bridgehead atoms. The fourth-order valence-electron chi connectivity index (χ4n) is 11.1. The number of fused-ring (bicyclic) bond motifs is 8. The highest BCUT2D eigenvalue weighted by Crippen LogP contribution is 2.46. The zero-order valence-electron chi connectivity index (χ0n) is 51.6. The second-order valence-electron chi connectivity index (χ2n) is 22.9. The fourth-order valence-corrected chi connectivity index (χ4v) is 11.1. The van der Waals surface area contributed by atoms with Gasteiger partial charge in [-0.05, 0) is 91.9 Å². The SMILES string of the molecule is COCCOCCOCCN(CCCC(=O)NCCNCC(=O)NCC(=O)NCCC(O)OC(C)(C)C)c1cc(COc2cc3c(cc2OC)C(=O)N2c4ccccc4CC2C=N3)cc(COc2cc3c(cc2OC)C(O)N2c4ccccc4CC2C=N3)c1. The van der Waals surface area contributed by atoms with Crippen LogP contribution in [0.25, 0.3) is 0 Å². The highest BCUT2D eigenvalue weighted by molar-refractivity contribution is 6.14. The van der Waals surface area contributed by atoms with E-state index >= 15 is 0 Å². The van der Waals surface area contributed by atoms with E-state index in [-0.39, 0.29) is 82.0 Å². The van der Waals surface area contributed by atoms with Crippen LogP contribution in [0.4, 0.5) is 28.4 Å². The number of amides is 4. The molecular weight excluding hydrogens is 1140 g/mol. The normalized spacial score (nSPS) is 16.4. The predicted molar refractivity (Wildman–Crippen MR) is 338 cm³/mol. The zero-order valence-corrected chi connectivity index (χ0v) is 51.6. The highest BCUT2D eigenvalue weighted by Gasteiger charge is 2.38. The van der Waals surface area contributed by atoms with E-state index in [2.05, 4.69) is 32.2 Å². The Bertz CT molecular complexity index is 3320. The number of aliphatic hydroxyl groups is 2. The molecule has 4 amide bonds. The third-order valence-corrected chi connectivity index (χ3v) is 15.3. The molecule has 9 rings (SSSR count). The fraction of sp³-hybridized carbons (Fsp3) is 0.455. The number of rotatable bonds is 33. The van der Waals surface area contributed by atoms with E-state index in [1.807, 2.05) is 98.8 Å². The van der Waals surface area contributed by atoms with Gasteiger partial charge in [-0.1, -0.05) is 36.4 Å². The van der Waals surface area contributed by atoms with Gasteiger partial charge >= 0.3 is 0 Å². The first kappa shape index (κ1) is 65.3. The lowest BCUT2D eigenvalue weighted by Gasteiger charge is -2.29. The third kappa shape index (κ3) is 17.6. The van der Waals surface area contributed by atoms with Crippen LogP contribution in [0.3, 0.4) is 0 Å². The summed E-state index contributed by atoms with van der Waals surface area (Å²) in [4.78, 5) is 67.8. The first-order valence-corrected chi connectivity index (χ1v) is 30.2. The van der Waals surface area contributed by atoms with Crippen molar-refractivity contribution in [2.45, 2.75) is 96.3 Å². The van der Waals surface area contributed by atoms with E-state index in [0.29, 0.717) is 117 Å². The molecule has 0 fully saturated rings.